The lowest BCUT2D eigenvalue weighted by Gasteiger charge is -2.41. The molecule has 210 valence electrons. The topological polar surface area (TPSA) is 134 Å². The fourth-order valence-corrected chi connectivity index (χ4v) is 4.19. The van der Waals surface area contributed by atoms with Gasteiger partial charge in [-0.2, -0.15) is 5.26 Å². The molecule has 4 amide bonds. The van der Waals surface area contributed by atoms with E-state index in [-0.39, 0.29) is 51.0 Å². The predicted octanol–water partition coefficient (Wildman–Crippen LogP) is 2.40. The van der Waals surface area contributed by atoms with E-state index in [1.54, 1.807) is 33.8 Å². The molecule has 38 heavy (non-hydrogen) atoms. The molecule has 2 aliphatic rings. The number of halogens is 1. The van der Waals surface area contributed by atoms with Gasteiger partial charge in [0.05, 0.1) is 42.9 Å². The van der Waals surface area contributed by atoms with Gasteiger partial charge in [-0.25, -0.2) is 9.18 Å². The average Bonchev–Trinajstić information content (AvgIpc) is 2.89. The van der Waals surface area contributed by atoms with Crippen LogP contribution in [0.2, 0.25) is 0 Å². The normalized spacial score (nSPS) is 22.8. The van der Waals surface area contributed by atoms with Crippen LogP contribution in [-0.2, 0) is 23.9 Å². The number of nitriles is 1. The van der Waals surface area contributed by atoms with E-state index in [0.717, 1.165) is 4.90 Å². The third-order valence-electron chi connectivity index (χ3n) is 6.29. The second-order valence-corrected chi connectivity index (χ2v) is 9.33. The molecule has 11 nitrogen and oxygen atoms in total. The second-order valence-electron chi connectivity index (χ2n) is 9.33. The minimum absolute atomic E-state index is 0.00690. The molecule has 1 aliphatic heterocycles. The van der Waals surface area contributed by atoms with Gasteiger partial charge in [0.15, 0.2) is 0 Å². The van der Waals surface area contributed by atoms with Crippen molar-refractivity contribution in [3.8, 4) is 6.07 Å². The molecule has 4 atom stereocenters. The highest BCUT2D eigenvalue weighted by atomic mass is 19.1. The zero-order valence-electron chi connectivity index (χ0n) is 22.7. The summed E-state index contributed by atoms with van der Waals surface area (Å²) in [6, 6.07) is 1.45. The third-order valence-corrected chi connectivity index (χ3v) is 6.29. The van der Waals surface area contributed by atoms with Crippen molar-refractivity contribution in [3.63, 3.8) is 0 Å². The summed E-state index contributed by atoms with van der Waals surface area (Å²) < 4.78 is 25.7. The number of methoxy groups -OCH3 is 1. The van der Waals surface area contributed by atoms with Gasteiger partial charge in [0.25, 0.3) is 0 Å². The van der Waals surface area contributed by atoms with Crippen LogP contribution in [0.3, 0.4) is 0 Å². The van der Waals surface area contributed by atoms with Crippen molar-refractivity contribution >= 4 is 23.6 Å². The molecule has 2 rings (SSSR count). The third kappa shape index (κ3) is 8.36. The van der Waals surface area contributed by atoms with E-state index in [4.69, 9.17) is 19.6 Å². The zero-order valence-corrected chi connectivity index (χ0v) is 22.7. The second kappa shape index (κ2) is 15.2. The minimum atomic E-state index is -0.781. The Morgan fingerprint density at radius 1 is 1.37 bits per heavy atom. The van der Waals surface area contributed by atoms with Crippen LogP contribution >= 0.6 is 0 Å². The van der Waals surface area contributed by atoms with E-state index in [0.29, 0.717) is 12.3 Å². The molecule has 0 aromatic heterocycles. The summed E-state index contributed by atoms with van der Waals surface area (Å²) in [4.78, 5) is 46.5. The first kappa shape index (κ1) is 30.9. The van der Waals surface area contributed by atoms with Crippen LogP contribution in [0.15, 0.2) is 29.2 Å². The van der Waals surface area contributed by atoms with Crippen molar-refractivity contribution in [2.45, 2.75) is 46.3 Å². The van der Waals surface area contributed by atoms with Crippen LogP contribution in [-0.4, -0.2) is 92.1 Å². The Bertz CT molecular complexity index is 976. The first-order valence-electron chi connectivity index (χ1n) is 12.8. The van der Waals surface area contributed by atoms with E-state index in [2.05, 4.69) is 10.5 Å². The Kier molecular flexibility index (Phi) is 12.4. The molecule has 1 heterocycles. The van der Waals surface area contributed by atoms with Crippen LogP contribution in [0, 0.1) is 29.1 Å². The van der Waals surface area contributed by atoms with Gasteiger partial charge < -0.3 is 24.5 Å². The summed E-state index contributed by atoms with van der Waals surface area (Å²) in [5.41, 5.74) is 0.397. The highest BCUT2D eigenvalue weighted by Gasteiger charge is 2.43. The maximum Gasteiger partial charge on any atom is 0.326 e. The number of amides is 4. The molecule has 0 bridgehead atoms. The number of nitrogens with one attached hydrogen (secondary N) is 1. The van der Waals surface area contributed by atoms with Crippen molar-refractivity contribution in [1.82, 2.24) is 15.1 Å². The molecular formula is C26H38FN5O6. The summed E-state index contributed by atoms with van der Waals surface area (Å²) in [6.07, 6.45) is 3.13. The fourth-order valence-electron chi connectivity index (χ4n) is 4.19. The van der Waals surface area contributed by atoms with Crippen molar-refractivity contribution in [1.29, 1.82) is 5.26 Å². The molecule has 1 saturated heterocycles. The van der Waals surface area contributed by atoms with Crippen LogP contribution in [0.4, 0.5) is 9.18 Å². The van der Waals surface area contributed by atoms with Gasteiger partial charge in [-0.05, 0) is 26.0 Å². The van der Waals surface area contributed by atoms with Crippen molar-refractivity contribution in [2.75, 3.05) is 46.5 Å². The fraction of sp³-hybridized carbons (Fsp3) is 0.654. The Hall–Kier alpha value is -3.30. The highest BCUT2D eigenvalue weighted by molar-refractivity contribution is 6.10. The van der Waals surface area contributed by atoms with Crippen molar-refractivity contribution in [3.05, 3.63) is 24.1 Å². The van der Waals surface area contributed by atoms with Crippen LogP contribution < -0.4 is 5.32 Å². The molecule has 0 saturated carbocycles. The standard InChI is InChI=1S/C26H38FN5O6/c1-6-38-30-18(4)21-15-31(26(35)32(25(21)34)12-11-29-24(33)17(2)3)16-23(37-13-7-10-28)20-14-19(27)8-9-22(20)36-5/h8-9,14,17,20-23H,6-7,11-13,15-16H2,1-5H3,(H,29,33)/b30-18+/t20-,21?,22?,23?/m0/s1. The van der Waals surface area contributed by atoms with Gasteiger partial charge in [-0.3, -0.25) is 14.5 Å². The summed E-state index contributed by atoms with van der Waals surface area (Å²) in [5, 5.41) is 15.7. The van der Waals surface area contributed by atoms with Gasteiger partial charge in [0.2, 0.25) is 11.8 Å². The summed E-state index contributed by atoms with van der Waals surface area (Å²) in [5.74, 6) is -2.71. The van der Waals surface area contributed by atoms with Gasteiger partial charge >= 0.3 is 6.03 Å². The number of urea groups is 1. The summed E-state index contributed by atoms with van der Waals surface area (Å²) in [7, 11) is 1.49. The van der Waals surface area contributed by atoms with E-state index in [9.17, 15) is 18.8 Å². The summed E-state index contributed by atoms with van der Waals surface area (Å²) in [6.45, 7) is 7.37. The van der Waals surface area contributed by atoms with E-state index < -0.39 is 41.8 Å². The minimum Gasteiger partial charge on any atom is -0.396 e. The number of oxime groups is 1. The molecule has 0 aromatic carbocycles. The molecule has 1 N–H and O–H groups in total. The molecule has 0 radical (unpaired) electrons. The highest BCUT2D eigenvalue weighted by Crippen LogP contribution is 2.28. The molecule has 1 fully saturated rings. The van der Waals surface area contributed by atoms with Crippen molar-refractivity contribution in [2.24, 2.45) is 22.9 Å². The average molecular weight is 536 g/mol. The van der Waals surface area contributed by atoms with Crippen LogP contribution in [0.25, 0.3) is 0 Å². The number of imide groups is 1. The molecular weight excluding hydrogens is 497 g/mol. The quantitative estimate of drug-likeness (QED) is 0.205. The largest absolute Gasteiger partial charge is 0.396 e. The Labute approximate surface area is 223 Å². The Morgan fingerprint density at radius 3 is 2.74 bits per heavy atom. The number of nitrogens with zero attached hydrogens (tertiary/aromatic N) is 4. The number of allylic oxidation sites excluding steroid dienone is 2. The molecule has 0 aromatic rings. The maximum atomic E-state index is 14.2. The number of carbonyl (C=O) groups is 3. The first-order valence-corrected chi connectivity index (χ1v) is 12.8. The van der Waals surface area contributed by atoms with Crippen LogP contribution in [0.1, 0.15) is 34.1 Å². The first-order chi connectivity index (χ1) is 18.1. The lowest BCUT2D eigenvalue weighted by Crippen LogP contribution is -2.61. The maximum absolute atomic E-state index is 14.2. The lowest BCUT2D eigenvalue weighted by molar-refractivity contribution is -0.135. The van der Waals surface area contributed by atoms with Gasteiger partial charge in [-0.15, -0.1) is 0 Å². The van der Waals surface area contributed by atoms with Gasteiger partial charge in [0, 0.05) is 45.1 Å². The predicted molar refractivity (Wildman–Crippen MR) is 137 cm³/mol. The van der Waals surface area contributed by atoms with E-state index >= 15 is 0 Å². The monoisotopic (exact) mass is 535 g/mol. The van der Waals surface area contributed by atoms with Crippen LogP contribution in [0.5, 0.6) is 0 Å². The number of hydrogen-bond donors (Lipinski definition) is 1. The SMILES string of the molecule is CCO/N=C(\C)C1CN(CC(OCCC#N)[C@H]2C=C(F)C=CC2OC)C(=O)N(CCNC(=O)C(C)C)C1=O. The van der Waals surface area contributed by atoms with Gasteiger partial charge in [0.1, 0.15) is 12.4 Å². The molecule has 3 unspecified atom stereocenters. The number of rotatable bonds is 14. The molecule has 12 heteroatoms. The smallest absolute Gasteiger partial charge is 0.326 e. The Morgan fingerprint density at radius 2 is 2.11 bits per heavy atom. The van der Waals surface area contributed by atoms with Crippen molar-refractivity contribution < 1.29 is 33.1 Å². The Balaban J connectivity index is 2.33. The number of carbonyl (C=O) groups excluding carboxylic acids is 3. The van der Waals surface area contributed by atoms with E-state index in [1.807, 2.05) is 6.07 Å². The zero-order chi connectivity index (χ0) is 28.2. The van der Waals surface area contributed by atoms with E-state index in [1.165, 1.54) is 24.2 Å². The molecule has 0 spiro atoms. The summed E-state index contributed by atoms with van der Waals surface area (Å²) >= 11 is 0. The number of hydrogen-bond acceptors (Lipinski definition) is 8. The lowest BCUT2D eigenvalue weighted by atomic mass is 9.90. The van der Waals surface area contributed by atoms with Gasteiger partial charge in [-0.1, -0.05) is 25.1 Å². The number of ether oxygens (including phenoxy) is 2. The molecule has 1 aliphatic carbocycles.